The Bertz CT molecular complexity index is 180. The van der Waals surface area contributed by atoms with Gasteiger partial charge < -0.3 is 9.59 Å². The first-order chi connectivity index (χ1) is 5.37. The number of nitrogens with zero attached hydrogens (tertiary/aromatic N) is 4. The standard InChI is InChI=1S/C7H17N4O/c1-6(9-10-8)7(12)5-11(2,3)4/h6-7,12H,5H2,1-4H3/q+1. The van der Waals surface area contributed by atoms with Crippen LogP contribution in [0.5, 0.6) is 0 Å². The van der Waals surface area contributed by atoms with E-state index in [1.54, 1.807) is 6.92 Å². The Morgan fingerprint density at radius 1 is 1.50 bits per heavy atom. The zero-order chi connectivity index (χ0) is 9.78. The van der Waals surface area contributed by atoms with Crippen LogP contribution < -0.4 is 0 Å². The van der Waals surface area contributed by atoms with Gasteiger partial charge in [0.05, 0.1) is 27.2 Å². The van der Waals surface area contributed by atoms with Gasteiger partial charge >= 0.3 is 0 Å². The lowest BCUT2D eigenvalue weighted by atomic mass is 10.2. The van der Waals surface area contributed by atoms with Gasteiger partial charge in [-0.1, -0.05) is 12.0 Å². The first-order valence-corrected chi connectivity index (χ1v) is 3.89. The number of hydrogen-bond acceptors (Lipinski definition) is 2. The Morgan fingerprint density at radius 3 is 2.33 bits per heavy atom. The van der Waals surface area contributed by atoms with Gasteiger partial charge in [0, 0.05) is 4.91 Å². The predicted molar refractivity (Wildman–Crippen MR) is 47.5 cm³/mol. The van der Waals surface area contributed by atoms with E-state index < -0.39 is 6.10 Å². The minimum atomic E-state index is -0.569. The summed E-state index contributed by atoms with van der Waals surface area (Å²) >= 11 is 0. The van der Waals surface area contributed by atoms with Crippen molar-refractivity contribution in [3.05, 3.63) is 10.4 Å². The topological polar surface area (TPSA) is 69.0 Å². The van der Waals surface area contributed by atoms with Crippen LogP contribution in [0.4, 0.5) is 0 Å². The summed E-state index contributed by atoms with van der Waals surface area (Å²) in [5, 5.41) is 12.9. The minimum absolute atomic E-state index is 0.354. The Hall–Kier alpha value is -0.770. The Kier molecular flexibility index (Phi) is 4.03. The van der Waals surface area contributed by atoms with Crippen molar-refractivity contribution < 1.29 is 9.59 Å². The zero-order valence-corrected chi connectivity index (χ0v) is 8.10. The Morgan fingerprint density at radius 2 is 2.00 bits per heavy atom. The summed E-state index contributed by atoms with van der Waals surface area (Å²) in [6, 6.07) is -0.354. The van der Waals surface area contributed by atoms with Crippen molar-refractivity contribution in [2.75, 3.05) is 27.7 Å². The number of aliphatic hydroxyl groups is 1. The average molecular weight is 173 g/mol. The molecule has 0 aromatic rings. The average Bonchev–Trinajstić information content (AvgIpc) is 1.84. The number of aliphatic hydroxyl groups excluding tert-OH is 1. The quantitative estimate of drug-likeness (QED) is 0.290. The van der Waals surface area contributed by atoms with Crippen LogP contribution in [-0.2, 0) is 0 Å². The number of azide groups is 1. The van der Waals surface area contributed by atoms with E-state index in [1.807, 2.05) is 21.1 Å². The summed E-state index contributed by atoms with van der Waals surface area (Å²) < 4.78 is 0.659. The molecule has 2 atom stereocenters. The Balaban J connectivity index is 4.03. The minimum Gasteiger partial charge on any atom is -0.387 e. The van der Waals surface area contributed by atoms with E-state index >= 15 is 0 Å². The first kappa shape index (κ1) is 11.2. The molecule has 1 N–H and O–H groups in total. The molecule has 12 heavy (non-hydrogen) atoms. The molecule has 0 aliphatic carbocycles. The fraction of sp³-hybridized carbons (Fsp3) is 1.00. The third kappa shape index (κ3) is 4.96. The van der Waals surface area contributed by atoms with E-state index in [2.05, 4.69) is 10.0 Å². The molecule has 0 amide bonds. The lowest BCUT2D eigenvalue weighted by Gasteiger charge is -2.27. The molecule has 5 heteroatoms. The zero-order valence-electron chi connectivity index (χ0n) is 8.10. The van der Waals surface area contributed by atoms with E-state index in [-0.39, 0.29) is 6.04 Å². The number of likely N-dealkylation sites (N-methyl/N-ethyl adjacent to an activating group) is 1. The molecule has 0 saturated carbocycles. The van der Waals surface area contributed by atoms with Crippen LogP contribution in [0, 0.1) is 0 Å². The van der Waals surface area contributed by atoms with Crippen molar-refractivity contribution >= 4 is 0 Å². The number of quaternary nitrogens is 1. The lowest BCUT2D eigenvalue weighted by Crippen LogP contribution is -2.44. The first-order valence-electron chi connectivity index (χ1n) is 3.89. The van der Waals surface area contributed by atoms with Crippen molar-refractivity contribution in [3.63, 3.8) is 0 Å². The maximum atomic E-state index is 9.50. The van der Waals surface area contributed by atoms with E-state index in [0.717, 1.165) is 0 Å². The van der Waals surface area contributed by atoms with Crippen molar-refractivity contribution in [3.8, 4) is 0 Å². The fourth-order valence-corrected chi connectivity index (χ4v) is 0.872. The SMILES string of the molecule is CC(N=[N+]=[N-])C(O)C[N+](C)(C)C. The van der Waals surface area contributed by atoms with Crippen LogP contribution in [0.3, 0.4) is 0 Å². The third-order valence-corrected chi connectivity index (χ3v) is 1.53. The summed E-state index contributed by atoms with van der Waals surface area (Å²) in [4.78, 5) is 2.64. The van der Waals surface area contributed by atoms with Gasteiger partial charge in [-0.15, -0.1) is 0 Å². The van der Waals surface area contributed by atoms with Gasteiger partial charge in [0.2, 0.25) is 0 Å². The molecule has 70 valence electrons. The molecule has 0 fully saturated rings. The van der Waals surface area contributed by atoms with Gasteiger partial charge in [-0.3, -0.25) is 0 Å². The van der Waals surface area contributed by atoms with E-state index in [4.69, 9.17) is 5.53 Å². The van der Waals surface area contributed by atoms with Crippen LogP contribution in [0.1, 0.15) is 6.92 Å². The molecule has 0 rings (SSSR count). The van der Waals surface area contributed by atoms with E-state index in [0.29, 0.717) is 11.0 Å². The van der Waals surface area contributed by atoms with Gasteiger partial charge in [-0.2, -0.15) is 0 Å². The maximum Gasteiger partial charge on any atom is 0.111 e. The van der Waals surface area contributed by atoms with Crippen molar-refractivity contribution in [2.45, 2.75) is 19.1 Å². The van der Waals surface area contributed by atoms with Gasteiger partial charge in [-0.05, 0) is 5.53 Å². The van der Waals surface area contributed by atoms with Gasteiger partial charge in [-0.25, -0.2) is 0 Å². The highest BCUT2D eigenvalue weighted by atomic mass is 16.3. The van der Waals surface area contributed by atoms with Gasteiger partial charge in [0.25, 0.3) is 0 Å². The molecule has 0 heterocycles. The number of hydrogen-bond donors (Lipinski definition) is 1. The molecule has 5 nitrogen and oxygen atoms in total. The Labute approximate surface area is 72.8 Å². The normalized spacial score (nSPS) is 16.4. The van der Waals surface area contributed by atoms with Crippen molar-refractivity contribution in [1.29, 1.82) is 0 Å². The molecule has 0 aromatic heterocycles. The monoisotopic (exact) mass is 173 g/mol. The molecule has 2 unspecified atom stereocenters. The highest BCUT2D eigenvalue weighted by Gasteiger charge is 2.20. The molecule has 0 radical (unpaired) electrons. The van der Waals surface area contributed by atoms with Crippen molar-refractivity contribution in [1.82, 2.24) is 0 Å². The van der Waals surface area contributed by atoms with Crippen LogP contribution >= 0.6 is 0 Å². The van der Waals surface area contributed by atoms with E-state index in [1.165, 1.54) is 0 Å². The van der Waals surface area contributed by atoms with Crippen LogP contribution in [0.2, 0.25) is 0 Å². The molecule has 0 spiro atoms. The van der Waals surface area contributed by atoms with Crippen LogP contribution in [0.15, 0.2) is 5.11 Å². The summed E-state index contributed by atoms with van der Waals surface area (Å²) in [7, 11) is 5.93. The largest absolute Gasteiger partial charge is 0.387 e. The summed E-state index contributed by atoms with van der Waals surface area (Å²) in [5.41, 5.74) is 8.13. The van der Waals surface area contributed by atoms with Crippen LogP contribution in [0.25, 0.3) is 10.4 Å². The molecular formula is C7H17N4O+. The molecule has 0 aromatic carbocycles. The molecule has 0 saturated heterocycles. The molecular weight excluding hydrogens is 156 g/mol. The van der Waals surface area contributed by atoms with E-state index in [9.17, 15) is 5.11 Å². The second-order valence-corrected chi connectivity index (χ2v) is 3.99. The lowest BCUT2D eigenvalue weighted by molar-refractivity contribution is -0.873. The number of rotatable bonds is 4. The summed E-state index contributed by atoms with van der Waals surface area (Å²) in [6.45, 7) is 2.29. The molecule has 0 bridgehead atoms. The summed E-state index contributed by atoms with van der Waals surface area (Å²) in [5.74, 6) is 0. The second-order valence-electron chi connectivity index (χ2n) is 3.99. The smallest absolute Gasteiger partial charge is 0.111 e. The van der Waals surface area contributed by atoms with Crippen molar-refractivity contribution in [2.24, 2.45) is 5.11 Å². The second kappa shape index (κ2) is 4.30. The predicted octanol–water partition coefficient (Wildman–Crippen LogP) is 0.752. The van der Waals surface area contributed by atoms with Gasteiger partial charge in [0.15, 0.2) is 0 Å². The third-order valence-electron chi connectivity index (χ3n) is 1.53. The highest BCUT2D eigenvalue weighted by Crippen LogP contribution is 2.03. The molecule has 0 aliphatic heterocycles. The maximum absolute atomic E-state index is 9.50. The summed E-state index contributed by atoms with van der Waals surface area (Å²) in [6.07, 6.45) is -0.569. The fourth-order valence-electron chi connectivity index (χ4n) is 0.872. The van der Waals surface area contributed by atoms with Crippen LogP contribution in [-0.4, -0.2) is 49.4 Å². The highest BCUT2D eigenvalue weighted by molar-refractivity contribution is 4.70. The molecule has 0 aliphatic rings. The van der Waals surface area contributed by atoms with Gasteiger partial charge in [0.1, 0.15) is 12.6 Å².